The molecule has 2 rings (SSSR count). The van der Waals surface area contributed by atoms with E-state index in [9.17, 15) is 13.6 Å². The SMILES string of the molecule is CN=C(NCC(=O)Nc1ccc(F)cc1)NCc1ccc(F)c(C)c1.I. The third-order valence-corrected chi connectivity index (χ3v) is 3.45. The lowest BCUT2D eigenvalue weighted by atomic mass is 10.1. The number of carbonyl (C=O) groups excluding carboxylic acids is 1. The molecule has 1 amide bonds. The van der Waals surface area contributed by atoms with E-state index in [1.807, 2.05) is 0 Å². The van der Waals surface area contributed by atoms with Gasteiger partial charge in [-0.05, 0) is 48.4 Å². The van der Waals surface area contributed by atoms with Crippen molar-refractivity contribution in [2.75, 3.05) is 18.9 Å². The number of halogens is 3. The van der Waals surface area contributed by atoms with Gasteiger partial charge in [0.15, 0.2) is 5.96 Å². The average molecular weight is 474 g/mol. The highest BCUT2D eigenvalue weighted by molar-refractivity contribution is 14.0. The summed E-state index contributed by atoms with van der Waals surface area (Å²) in [7, 11) is 1.59. The zero-order chi connectivity index (χ0) is 18.2. The summed E-state index contributed by atoms with van der Waals surface area (Å²) in [5.74, 6) is -0.455. The molecule has 0 aliphatic carbocycles. The Bertz CT molecular complexity index is 766. The van der Waals surface area contributed by atoms with Gasteiger partial charge in [-0.15, -0.1) is 24.0 Å². The monoisotopic (exact) mass is 474 g/mol. The van der Waals surface area contributed by atoms with Crippen molar-refractivity contribution in [1.29, 1.82) is 0 Å². The number of nitrogens with zero attached hydrogens (tertiary/aromatic N) is 1. The number of carbonyl (C=O) groups is 1. The van der Waals surface area contributed by atoms with Gasteiger partial charge in [0, 0.05) is 19.3 Å². The van der Waals surface area contributed by atoms with E-state index < -0.39 is 0 Å². The minimum atomic E-state index is -0.364. The first-order chi connectivity index (χ1) is 12.0. The first kappa shape index (κ1) is 21.8. The Morgan fingerprint density at radius 3 is 2.38 bits per heavy atom. The molecule has 5 nitrogen and oxygen atoms in total. The smallest absolute Gasteiger partial charge is 0.243 e. The minimum absolute atomic E-state index is 0. The van der Waals surface area contributed by atoms with Crippen molar-refractivity contribution in [3.63, 3.8) is 0 Å². The van der Waals surface area contributed by atoms with Gasteiger partial charge in [0.25, 0.3) is 0 Å². The normalized spacial score (nSPS) is 10.7. The van der Waals surface area contributed by atoms with E-state index in [-0.39, 0.29) is 48.1 Å². The van der Waals surface area contributed by atoms with Crippen molar-refractivity contribution in [1.82, 2.24) is 10.6 Å². The van der Waals surface area contributed by atoms with Crippen molar-refractivity contribution in [2.24, 2.45) is 4.99 Å². The van der Waals surface area contributed by atoms with Gasteiger partial charge in [-0.1, -0.05) is 12.1 Å². The molecule has 0 fully saturated rings. The van der Waals surface area contributed by atoms with Gasteiger partial charge in [0.1, 0.15) is 11.6 Å². The first-order valence-electron chi connectivity index (χ1n) is 7.73. The zero-order valence-corrected chi connectivity index (χ0v) is 16.8. The third kappa shape index (κ3) is 6.95. The standard InChI is InChI=1S/C18H20F2N4O.HI/c1-12-9-13(3-8-16(12)20)10-22-18(21-2)23-11-17(25)24-15-6-4-14(19)5-7-15;/h3-9H,10-11H2,1-2H3,(H,24,25)(H2,21,22,23);1H. The third-order valence-electron chi connectivity index (χ3n) is 3.45. The van der Waals surface area contributed by atoms with Crippen LogP contribution in [0.1, 0.15) is 11.1 Å². The topological polar surface area (TPSA) is 65.5 Å². The quantitative estimate of drug-likeness (QED) is 0.355. The Labute approximate surface area is 168 Å². The van der Waals surface area contributed by atoms with Crippen molar-refractivity contribution in [3.05, 3.63) is 65.2 Å². The van der Waals surface area contributed by atoms with Crippen LogP contribution in [-0.4, -0.2) is 25.5 Å². The van der Waals surface area contributed by atoms with Crippen molar-refractivity contribution < 1.29 is 13.6 Å². The van der Waals surface area contributed by atoms with Gasteiger partial charge in [-0.2, -0.15) is 0 Å². The number of hydrogen-bond acceptors (Lipinski definition) is 2. The minimum Gasteiger partial charge on any atom is -0.352 e. The highest BCUT2D eigenvalue weighted by Crippen LogP contribution is 2.09. The maximum Gasteiger partial charge on any atom is 0.243 e. The number of amides is 1. The second kappa shape index (κ2) is 10.7. The fraction of sp³-hybridized carbons (Fsp3) is 0.222. The Balaban J connectivity index is 0.00000338. The predicted molar refractivity (Wildman–Crippen MR) is 110 cm³/mol. The lowest BCUT2D eigenvalue weighted by molar-refractivity contribution is -0.115. The fourth-order valence-corrected chi connectivity index (χ4v) is 2.13. The van der Waals surface area contributed by atoms with Gasteiger partial charge in [0.2, 0.25) is 5.91 Å². The number of benzene rings is 2. The van der Waals surface area contributed by atoms with Gasteiger partial charge in [-0.25, -0.2) is 8.78 Å². The molecule has 2 aromatic carbocycles. The molecular formula is C18H21F2IN4O. The molecule has 0 aromatic heterocycles. The molecule has 0 aliphatic rings. The van der Waals surface area contributed by atoms with E-state index in [0.29, 0.717) is 23.8 Å². The Hall–Kier alpha value is -2.23. The van der Waals surface area contributed by atoms with Gasteiger partial charge in [-0.3, -0.25) is 9.79 Å². The van der Waals surface area contributed by atoms with Gasteiger partial charge in [0.05, 0.1) is 6.54 Å². The van der Waals surface area contributed by atoms with Gasteiger partial charge >= 0.3 is 0 Å². The lowest BCUT2D eigenvalue weighted by Gasteiger charge is -2.12. The summed E-state index contributed by atoms with van der Waals surface area (Å²) in [6.07, 6.45) is 0. The summed E-state index contributed by atoms with van der Waals surface area (Å²) in [6.45, 7) is 2.14. The molecule has 26 heavy (non-hydrogen) atoms. The summed E-state index contributed by atoms with van der Waals surface area (Å²) in [6, 6.07) is 10.4. The molecule has 0 radical (unpaired) electrons. The maximum absolute atomic E-state index is 13.3. The molecule has 0 saturated heterocycles. The molecule has 8 heteroatoms. The lowest BCUT2D eigenvalue weighted by Crippen LogP contribution is -2.41. The number of guanidine groups is 1. The molecule has 140 valence electrons. The number of aliphatic imine (C=N–C) groups is 1. The fourth-order valence-electron chi connectivity index (χ4n) is 2.13. The molecular weight excluding hydrogens is 453 g/mol. The molecule has 0 bridgehead atoms. The van der Waals surface area contributed by atoms with E-state index >= 15 is 0 Å². The zero-order valence-electron chi connectivity index (χ0n) is 14.5. The summed E-state index contributed by atoms with van der Waals surface area (Å²) < 4.78 is 26.1. The van der Waals surface area contributed by atoms with Crippen LogP contribution in [0.3, 0.4) is 0 Å². The number of hydrogen-bond donors (Lipinski definition) is 3. The maximum atomic E-state index is 13.3. The first-order valence-corrected chi connectivity index (χ1v) is 7.73. The second-order valence-corrected chi connectivity index (χ2v) is 5.42. The van der Waals surface area contributed by atoms with Crippen LogP contribution in [0.25, 0.3) is 0 Å². The van der Waals surface area contributed by atoms with E-state index in [1.54, 1.807) is 26.1 Å². The average Bonchev–Trinajstić information content (AvgIpc) is 2.60. The number of anilines is 1. The second-order valence-electron chi connectivity index (χ2n) is 5.42. The molecule has 0 unspecified atom stereocenters. The summed E-state index contributed by atoms with van der Waals surface area (Å²) in [5, 5.41) is 8.57. The molecule has 2 aromatic rings. The molecule has 3 N–H and O–H groups in total. The van der Waals surface area contributed by atoms with Gasteiger partial charge < -0.3 is 16.0 Å². The van der Waals surface area contributed by atoms with Crippen LogP contribution in [0.15, 0.2) is 47.5 Å². The van der Waals surface area contributed by atoms with Crippen LogP contribution in [0.4, 0.5) is 14.5 Å². The van der Waals surface area contributed by atoms with Crippen molar-refractivity contribution in [2.45, 2.75) is 13.5 Å². The molecule has 0 aliphatic heterocycles. The van der Waals surface area contributed by atoms with Crippen LogP contribution in [-0.2, 0) is 11.3 Å². The predicted octanol–water partition coefficient (Wildman–Crippen LogP) is 3.19. The van der Waals surface area contributed by atoms with Crippen LogP contribution >= 0.6 is 24.0 Å². The van der Waals surface area contributed by atoms with Crippen LogP contribution in [0.2, 0.25) is 0 Å². The Morgan fingerprint density at radius 2 is 1.77 bits per heavy atom. The van der Waals surface area contributed by atoms with E-state index in [0.717, 1.165) is 5.56 Å². The van der Waals surface area contributed by atoms with Crippen LogP contribution in [0, 0.1) is 18.6 Å². The number of aryl methyl sites for hydroxylation is 1. The molecule has 0 heterocycles. The van der Waals surface area contributed by atoms with E-state index in [2.05, 4.69) is 20.9 Å². The van der Waals surface area contributed by atoms with Crippen molar-refractivity contribution >= 4 is 41.5 Å². The molecule has 0 atom stereocenters. The van der Waals surface area contributed by atoms with Crippen LogP contribution in [0.5, 0.6) is 0 Å². The van der Waals surface area contributed by atoms with E-state index in [1.165, 1.54) is 30.3 Å². The summed E-state index contributed by atoms with van der Waals surface area (Å²) in [5.41, 5.74) is 1.98. The van der Waals surface area contributed by atoms with Crippen LogP contribution < -0.4 is 16.0 Å². The van der Waals surface area contributed by atoms with Crippen molar-refractivity contribution in [3.8, 4) is 0 Å². The Morgan fingerprint density at radius 1 is 1.08 bits per heavy atom. The number of rotatable bonds is 5. The largest absolute Gasteiger partial charge is 0.352 e. The summed E-state index contributed by atoms with van der Waals surface area (Å²) in [4.78, 5) is 15.9. The highest BCUT2D eigenvalue weighted by atomic mass is 127. The molecule has 0 spiro atoms. The highest BCUT2D eigenvalue weighted by Gasteiger charge is 2.05. The molecule has 0 saturated carbocycles. The Kier molecular flexibility index (Phi) is 8.97. The summed E-state index contributed by atoms with van der Waals surface area (Å²) >= 11 is 0. The number of nitrogens with one attached hydrogen (secondary N) is 3. The van der Waals surface area contributed by atoms with E-state index in [4.69, 9.17) is 0 Å².